The molecule has 0 heterocycles. The minimum absolute atomic E-state index is 0.00194. The average molecular weight is 225 g/mol. The Balaban J connectivity index is 2.78. The normalized spacial score (nSPS) is 9.25. The van der Waals surface area contributed by atoms with Crippen molar-refractivity contribution in [3.63, 3.8) is 0 Å². The molecule has 1 rings (SSSR count). The zero-order valence-electron chi connectivity index (χ0n) is 7.84. The summed E-state index contributed by atoms with van der Waals surface area (Å²) >= 11 is 0. The summed E-state index contributed by atoms with van der Waals surface area (Å²) < 4.78 is 0. The third kappa shape index (κ3) is 2.67. The predicted molar refractivity (Wildman–Crippen MR) is 52.5 cm³/mol. The van der Waals surface area contributed by atoms with Gasteiger partial charge in [0, 0.05) is 6.07 Å². The van der Waals surface area contributed by atoms with Crippen LogP contribution in [0.3, 0.4) is 0 Å². The molecule has 16 heavy (non-hydrogen) atoms. The number of hydrogen-bond donors (Lipinski definition) is 3. The van der Waals surface area contributed by atoms with E-state index in [9.17, 15) is 19.7 Å². The highest BCUT2D eigenvalue weighted by atomic mass is 16.6. The van der Waals surface area contributed by atoms with Crippen molar-refractivity contribution in [3.05, 3.63) is 34.4 Å². The molecule has 1 aromatic rings. The zero-order chi connectivity index (χ0) is 12.1. The maximum absolute atomic E-state index is 10.7. The number of para-hydroxylation sites is 2. The first-order valence-electron chi connectivity index (χ1n) is 4.05. The summed E-state index contributed by atoms with van der Waals surface area (Å²) in [5.74, 6) is -3.00. The van der Waals surface area contributed by atoms with Crippen LogP contribution in [0.15, 0.2) is 24.3 Å². The number of nitro groups is 1. The Morgan fingerprint density at radius 3 is 2.50 bits per heavy atom. The number of carbonyl (C=O) groups excluding carboxylic acids is 1. The minimum atomic E-state index is -1.69. The zero-order valence-corrected chi connectivity index (χ0v) is 7.84. The highest BCUT2D eigenvalue weighted by molar-refractivity contribution is 6.31. The number of aliphatic carboxylic acids is 1. The number of benzene rings is 1. The van der Waals surface area contributed by atoms with Crippen LogP contribution in [0.2, 0.25) is 0 Å². The highest BCUT2D eigenvalue weighted by Gasteiger charge is 2.15. The minimum Gasteiger partial charge on any atom is -0.474 e. The number of amides is 1. The van der Waals surface area contributed by atoms with Gasteiger partial charge in [-0.1, -0.05) is 12.1 Å². The lowest BCUT2D eigenvalue weighted by Gasteiger charge is -2.06. The van der Waals surface area contributed by atoms with Crippen LogP contribution in [-0.2, 0) is 9.59 Å². The molecule has 8 heteroatoms. The van der Waals surface area contributed by atoms with Crippen LogP contribution in [0, 0.1) is 10.1 Å². The quantitative estimate of drug-likeness (QED) is 0.381. The van der Waals surface area contributed by atoms with Crippen molar-refractivity contribution in [3.8, 4) is 0 Å². The molecular formula is C8H7N3O5. The van der Waals surface area contributed by atoms with E-state index in [0.29, 0.717) is 0 Å². The molecule has 0 bridgehead atoms. The molecule has 0 aliphatic rings. The number of rotatable bonds is 3. The van der Waals surface area contributed by atoms with Crippen LogP contribution >= 0.6 is 0 Å². The molecule has 0 radical (unpaired) electrons. The Morgan fingerprint density at radius 1 is 1.31 bits per heavy atom. The molecule has 0 aliphatic carbocycles. The van der Waals surface area contributed by atoms with Crippen molar-refractivity contribution in [2.45, 2.75) is 0 Å². The number of hydrogen-bond acceptors (Lipinski definition) is 5. The fraction of sp³-hybridized carbons (Fsp3) is 0. The Labute approximate surface area is 89.0 Å². The van der Waals surface area contributed by atoms with E-state index in [-0.39, 0.29) is 11.4 Å². The van der Waals surface area contributed by atoms with Gasteiger partial charge in [0.2, 0.25) is 0 Å². The fourth-order valence-electron chi connectivity index (χ4n) is 0.916. The van der Waals surface area contributed by atoms with Crippen LogP contribution in [0.5, 0.6) is 0 Å². The molecule has 8 nitrogen and oxygen atoms in total. The molecule has 0 aromatic heterocycles. The lowest BCUT2D eigenvalue weighted by Crippen LogP contribution is -2.35. The fourth-order valence-corrected chi connectivity index (χ4v) is 0.916. The SMILES string of the molecule is O=C(O)C(=O)NNc1ccccc1[N+](=O)[O-]. The second-order valence-corrected chi connectivity index (χ2v) is 2.66. The van der Waals surface area contributed by atoms with Crippen LogP contribution in [0.4, 0.5) is 11.4 Å². The van der Waals surface area contributed by atoms with E-state index in [1.54, 1.807) is 5.43 Å². The Bertz CT molecular complexity index is 445. The number of anilines is 1. The highest BCUT2D eigenvalue weighted by Crippen LogP contribution is 2.21. The van der Waals surface area contributed by atoms with Gasteiger partial charge in [0.05, 0.1) is 4.92 Å². The Morgan fingerprint density at radius 2 is 1.94 bits per heavy atom. The van der Waals surface area contributed by atoms with Gasteiger partial charge in [-0.2, -0.15) is 0 Å². The van der Waals surface area contributed by atoms with Gasteiger partial charge >= 0.3 is 11.9 Å². The number of carbonyl (C=O) groups is 2. The smallest absolute Gasteiger partial charge is 0.396 e. The van der Waals surface area contributed by atoms with Crippen LogP contribution in [0.1, 0.15) is 0 Å². The van der Waals surface area contributed by atoms with Gasteiger partial charge < -0.3 is 5.11 Å². The van der Waals surface area contributed by atoms with Gasteiger partial charge in [-0.15, -0.1) is 0 Å². The number of nitrogens with one attached hydrogen (secondary N) is 2. The first-order valence-corrected chi connectivity index (χ1v) is 4.05. The molecule has 1 aromatic carbocycles. The van der Waals surface area contributed by atoms with Crippen molar-refractivity contribution < 1.29 is 19.6 Å². The summed E-state index contributed by atoms with van der Waals surface area (Å²) in [7, 11) is 0. The Kier molecular flexibility index (Phi) is 3.38. The summed E-state index contributed by atoms with van der Waals surface area (Å²) in [5.41, 5.74) is 3.69. The maximum atomic E-state index is 10.7. The number of nitrogens with zero attached hydrogens (tertiary/aromatic N) is 1. The average Bonchev–Trinajstić information content (AvgIpc) is 2.25. The summed E-state index contributed by atoms with van der Waals surface area (Å²) in [6.45, 7) is 0. The molecule has 0 spiro atoms. The maximum Gasteiger partial charge on any atom is 0.396 e. The summed E-state index contributed by atoms with van der Waals surface area (Å²) in [5, 5.41) is 18.8. The third-order valence-corrected chi connectivity index (χ3v) is 1.61. The largest absolute Gasteiger partial charge is 0.474 e. The summed E-state index contributed by atoms with van der Waals surface area (Å²) in [4.78, 5) is 30.7. The molecule has 84 valence electrons. The van der Waals surface area contributed by atoms with E-state index in [4.69, 9.17) is 5.11 Å². The molecule has 0 aliphatic heterocycles. The second kappa shape index (κ2) is 4.73. The predicted octanol–water partition coefficient (Wildman–Crippen LogP) is 0.122. The second-order valence-electron chi connectivity index (χ2n) is 2.66. The lowest BCUT2D eigenvalue weighted by molar-refractivity contribution is -0.384. The van der Waals surface area contributed by atoms with E-state index in [0.717, 1.165) is 0 Å². The van der Waals surface area contributed by atoms with Crippen LogP contribution in [0.25, 0.3) is 0 Å². The standard InChI is InChI=1S/C8H7N3O5/c12-7(8(13)14)10-9-5-3-1-2-4-6(5)11(15)16/h1-4,9H,(H,10,12)(H,13,14). The summed E-state index contributed by atoms with van der Waals surface area (Å²) in [6.07, 6.45) is 0. The van der Waals surface area contributed by atoms with Crippen molar-refractivity contribution >= 4 is 23.3 Å². The van der Waals surface area contributed by atoms with Crippen molar-refractivity contribution in [2.75, 3.05) is 5.43 Å². The van der Waals surface area contributed by atoms with Crippen molar-refractivity contribution in [2.24, 2.45) is 0 Å². The topological polar surface area (TPSA) is 122 Å². The van der Waals surface area contributed by atoms with Gasteiger partial charge in [0.25, 0.3) is 5.69 Å². The molecule has 0 unspecified atom stereocenters. The van der Waals surface area contributed by atoms with Gasteiger partial charge in [-0.3, -0.25) is 25.8 Å². The van der Waals surface area contributed by atoms with Crippen LogP contribution in [-0.4, -0.2) is 21.9 Å². The molecule has 0 atom stereocenters. The molecule has 3 N–H and O–H groups in total. The number of hydrazine groups is 1. The van der Waals surface area contributed by atoms with Gasteiger partial charge in [0.1, 0.15) is 5.69 Å². The van der Waals surface area contributed by atoms with Crippen molar-refractivity contribution in [1.29, 1.82) is 0 Å². The van der Waals surface area contributed by atoms with Gasteiger partial charge in [-0.25, -0.2) is 4.79 Å². The Hall–Kier alpha value is -2.64. The molecular weight excluding hydrogens is 218 g/mol. The molecule has 0 saturated heterocycles. The van der Waals surface area contributed by atoms with E-state index in [1.807, 2.05) is 0 Å². The number of carboxylic acids is 1. The van der Waals surface area contributed by atoms with E-state index < -0.39 is 16.8 Å². The first kappa shape index (κ1) is 11.4. The number of carboxylic acid groups (broad SMARTS) is 1. The molecule has 0 fully saturated rings. The first-order chi connectivity index (χ1) is 7.52. The van der Waals surface area contributed by atoms with E-state index in [1.165, 1.54) is 24.3 Å². The van der Waals surface area contributed by atoms with E-state index >= 15 is 0 Å². The monoisotopic (exact) mass is 225 g/mol. The summed E-state index contributed by atoms with van der Waals surface area (Å²) in [6, 6.07) is 5.50. The third-order valence-electron chi connectivity index (χ3n) is 1.61. The lowest BCUT2D eigenvalue weighted by atomic mass is 10.3. The van der Waals surface area contributed by atoms with Gasteiger partial charge in [0.15, 0.2) is 0 Å². The van der Waals surface area contributed by atoms with E-state index in [2.05, 4.69) is 5.43 Å². The van der Waals surface area contributed by atoms with Crippen molar-refractivity contribution in [1.82, 2.24) is 5.43 Å². The van der Waals surface area contributed by atoms with Crippen LogP contribution < -0.4 is 10.9 Å². The molecule has 1 amide bonds. The van der Waals surface area contributed by atoms with Gasteiger partial charge in [-0.05, 0) is 6.07 Å². The number of nitro benzene ring substituents is 1. The molecule has 0 saturated carbocycles.